The van der Waals surface area contributed by atoms with Crippen LogP contribution in [0, 0.1) is 5.92 Å². The smallest absolute Gasteiger partial charge is 0.338 e. The van der Waals surface area contributed by atoms with E-state index >= 15 is 0 Å². The maximum absolute atomic E-state index is 13.7. The highest BCUT2D eigenvalue weighted by Gasteiger charge is 2.26. The third-order valence-electron chi connectivity index (χ3n) is 8.76. The van der Waals surface area contributed by atoms with Crippen LogP contribution >= 0.6 is 23.2 Å². The minimum Gasteiger partial charge on any atom is -0.493 e. The van der Waals surface area contributed by atoms with E-state index < -0.39 is 18.1 Å². The molecule has 1 fully saturated rings. The monoisotopic (exact) mass is 706 g/mol. The molecule has 3 aromatic carbocycles. The number of ether oxygens (including phenoxy) is 4. The van der Waals surface area contributed by atoms with Crippen molar-refractivity contribution < 1.29 is 33.5 Å². The van der Waals surface area contributed by atoms with Gasteiger partial charge in [0.05, 0.1) is 26.4 Å². The average molecular weight is 708 g/mol. The number of esters is 2. The highest BCUT2D eigenvalue weighted by atomic mass is 35.5. The topological polar surface area (TPSA) is 100 Å². The van der Waals surface area contributed by atoms with Gasteiger partial charge in [0.1, 0.15) is 22.2 Å². The molecule has 2 N–H and O–H groups in total. The molecule has 1 aromatic heterocycles. The molecule has 0 saturated carbocycles. The zero-order valence-electron chi connectivity index (χ0n) is 27.9. The zero-order chi connectivity index (χ0) is 34.8. The van der Waals surface area contributed by atoms with Crippen molar-refractivity contribution in [2.24, 2.45) is 5.92 Å². The van der Waals surface area contributed by atoms with E-state index in [2.05, 4.69) is 22.2 Å². The number of nitrogens with zero attached hydrogens (tertiary/aromatic N) is 1. The number of H-pyrrole nitrogens is 1. The number of methoxy groups -OCH3 is 2. The first kappa shape index (κ1) is 36.1. The predicted octanol–water partition coefficient (Wildman–Crippen LogP) is 6.68. The van der Waals surface area contributed by atoms with Gasteiger partial charge in [0.25, 0.3) is 0 Å². The summed E-state index contributed by atoms with van der Waals surface area (Å²) in [7, 11) is 5.21. The van der Waals surface area contributed by atoms with Crippen LogP contribution in [0.4, 0.5) is 0 Å². The lowest BCUT2D eigenvalue weighted by Crippen LogP contribution is -2.34. The Balaban J connectivity index is 1.31. The van der Waals surface area contributed by atoms with Gasteiger partial charge in [-0.15, -0.1) is 0 Å². The van der Waals surface area contributed by atoms with E-state index in [1.54, 1.807) is 56.9 Å². The molecule has 1 aliphatic heterocycles. The lowest BCUT2D eigenvalue weighted by Gasteiger charge is -2.29. The number of aromatic amines is 1. The first-order valence-corrected chi connectivity index (χ1v) is 17.0. The molecule has 5 rings (SSSR count). The number of rotatable bonds is 14. The van der Waals surface area contributed by atoms with Crippen LogP contribution in [-0.2, 0) is 27.2 Å². The van der Waals surface area contributed by atoms with Crippen molar-refractivity contribution in [2.75, 3.05) is 41.0 Å². The number of carbonyl (C=O) groups is 2. The molecule has 0 spiro atoms. The van der Waals surface area contributed by atoms with Gasteiger partial charge in [0, 0.05) is 18.5 Å². The number of benzene rings is 3. The van der Waals surface area contributed by atoms with Crippen LogP contribution in [0.5, 0.6) is 11.5 Å². The van der Waals surface area contributed by atoms with E-state index in [0.717, 1.165) is 37.1 Å². The van der Waals surface area contributed by atoms with Crippen LogP contribution in [0.3, 0.4) is 0 Å². The second-order valence-electron chi connectivity index (χ2n) is 12.1. The molecule has 49 heavy (non-hydrogen) atoms. The number of piperidine rings is 1. The van der Waals surface area contributed by atoms with E-state index in [4.69, 9.17) is 42.1 Å². The summed E-state index contributed by atoms with van der Waals surface area (Å²) >= 11 is 13.0. The molecule has 258 valence electrons. The van der Waals surface area contributed by atoms with Crippen molar-refractivity contribution in [3.63, 3.8) is 0 Å². The molecule has 0 bridgehead atoms. The summed E-state index contributed by atoms with van der Waals surface area (Å²) in [5, 5.41) is 4.19. The number of pyridine rings is 1. The van der Waals surface area contributed by atoms with Gasteiger partial charge in [-0.2, -0.15) is 0 Å². The van der Waals surface area contributed by atoms with Gasteiger partial charge in [-0.3, -0.25) is 5.32 Å². The molecule has 0 aliphatic carbocycles. The second-order valence-corrected chi connectivity index (χ2v) is 13.0. The first-order chi connectivity index (χ1) is 23.7. The van der Waals surface area contributed by atoms with Gasteiger partial charge >= 0.3 is 11.9 Å². The molecule has 4 aromatic rings. The van der Waals surface area contributed by atoms with Gasteiger partial charge in [-0.05, 0) is 79.9 Å². The summed E-state index contributed by atoms with van der Waals surface area (Å²) in [5.74, 6) is 0.532. The van der Waals surface area contributed by atoms with Crippen molar-refractivity contribution >= 4 is 35.1 Å². The van der Waals surface area contributed by atoms with Crippen molar-refractivity contribution in [2.45, 2.75) is 38.0 Å². The van der Waals surface area contributed by atoms with E-state index in [1.165, 1.54) is 0 Å². The molecule has 11 heteroatoms. The second kappa shape index (κ2) is 17.5. The Hall–Kier alpha value is -4.15. The number of nitrogens with one attached hydrogen (secondary N) is 2. The van der Waals surface area contributed by atoms with Crippen LogP contribution in [0.1, 0.15) is 57.6 Å². The first-order valence-electron chi connectivity index (χ1n) is 16.2. The molecule has 9 nitrogen and oxygen atoms in total. The molecule has 0 amide bonds. The molecular weight excluding hydrogens is 665 g/mol. The summed E-state index contributed by atoms with van der Waals surface area (Å²) in [6.45, 7) is 2.72. The maximum Gasteiger partial charge on any atom is 0.338 e. The molecule has 2 heterocycles. The Labute approximate surface area is 297 Å². The normalized spacial score (nSPS) is 14.9. The molecule has 1 saturated heterocycles. The van der Waals surface area contributed by atoms with Crippen LogP contribution in [-0.4, -0.2) is 57.8 Å². The Kier molecular flexibility index (Phi) is 12.9. The summed E-state index contributed by atoms with van der Waals surface area (Å²) < 4.78 is 22.9. The number of hydrogen-bond donors (Lipinski definition) is 1. The van der Waals surface area contributed by atoms with Gasteiger partial charge in [0.15, 0.2) is 23.9 Å². The van der Waals surface area contributed by atoms with Crippen molar-refractivity contribution in [3.05, 3.63) is 123 Å². The SMILES string of the molecule is COc1ccc([C@H](Cc2c(Cl)c[nH+]cc2Cl)OC(=O)c2cccc(CNC(C(=O)OCC3CCN(C)CC3)c3ccccc3)c2)cc1OC. The molecule has 2 atom stereocenters. The largest absolute Gasteiger partial charge is 0.493 e. The van der Waals surface area contributed by atoms with Gasteiger partial charge in [0.2, 0.25) is 0 Å². The lowest BCUT2D eigenvalue weighted by molar-refractivity contribution is -0.377. The van der Waals surface area contributed by atoms with Gasteiger partial charge in [-0.1, -0.05) is 71.7 Å². The number of likely N-dealkylation sites (tertiary alicyclic amines) is 1. The highest BCUT2D eigenvalue weighted by molar-refractivity contribution is 6.35. The number of aromatic nitrogens is 1. The number of hydrogen-bond acceptors (Lipinski definition) is 8. The van der Waals surface area contributed by atoms with Gasteiger partial charge in [-0.25, -0.2) is 14.6 Å². The number of carbonyl (C=O) groups excluding carboxylic acids is 2. The van der Waals surface area contributed by atoms with Crippen LogP contribution in [0.15, 0.2) is 85.2 Å². The van der Waals surface area contributed by atoms with E-state index in [1.807, 2.05) is 42.5 Å². The summed E-state index contributed by atoms with van der Waals surface area (Å²) in [5.41, 5.74) is 3.26. The fourth-order valence-electron chi connectivity index (χ4n) is 5.86. The standard InChI is InChI=1S/C38H41Cl2N3O6/c1-43-16-14-25(15-17-43)24-48-38(45)36(27-9-5-4-6-10-27)42-21-26-8-7-11-29(18-26)37(44)49-34(20-30-31(39)22-41-23-32(30)40)28-12-13-33(46-2)35(19-28)47-3/h4-13,18-19,22-23,25,34,36,42H,14-17,20-21,24H2,1-3H3/p+1/t34-,36?/m0/s1. The van der Waals surface area contributed by atoms with Crippen LogP contribution < -0.4 is 19.8 Å². The van der Waals surface area contributed by atoms with E-state index in [0.29, 0.717) is 57.3 Å². The van der Waals surface area contributed by atoms with E-state index in [-0.39, 0.29) is 12.4 Å². The average Bonchev–Trinajstić information content (AvgIpc) is 3.12. The Bertz CT molecular complexity index is 1690. The number of halogens is 2. The summed E-state index contributed by atoms with van der Waals surface area (Å²) in [4.78, 5) is 32.3. The summed E-state index contributed by atoms with van der Waals surface area (Å²) in [6.07, 6.45) is 4.72. The molecular formula is C38H42Cl2N3O6+. The minimum atomic E-state index is -0.756. The Morgan fingerprint density at radius 2 is 1.61 bits per heavy atom. The molecule has 0 radical (unpaired) electrons. The molecule has 1 aliphatic rings. The van der Waals surface area contributed by atoms with Crippen molar-refractivity contribution in [1.82, 2.24) is 10.2 Å². The lowest BCUT2D eigenvalue weighted by atomic mass is 9.98. The fraction of sp³-hybridized carbons (Fsp3) is 0.342. The molecule has 1 unspecified atom stereocenters. The van der Waals surface area contributed by atoms with Crippen LogP contribution in [0.25, 0.3) is 0 Å². The highest BCUT2D eigenvalue weighted by Crippen LogP contribution is 2.35. The fourth-order valence-corrected chi connectivity index (χ4v) is 6.39. The van der Waals surface area contributed by atoms with Crippen LogP contribution in [0.2, 0.25) is 10.0 Å². The van der Waals surface area contributed by atoms with Crippen molar-refractivity contribution in [3.8, 4) is 11.5 Å². The third kappa shape index (κ3) is 9.73. The van der Waals surface area contributed by atoms with E-state index in [9.17, 15) is 9.59 Å². The van der Waals surface area contributed by atoms with Gasteiger partial charge < -0.3 is 23.8 Å². The maximum atomic E-state index is 13.7. The third-order valence-corrected chi connectivity index (χ3v) is 9.43. The zero-order valence-corrected chi connectivity index (χ0v) is 29.4. The summed E-state index contributed by atoms with van der Waals surface area (Å²) in [6, 6.07) is 21.3. The van der Waals surface area contributed by atoms with Crippen molar-refractivity contribution in [1.29, 1.82) is 0 Å². The predicted molar refractivity (Wildman–Crippen MR) is 188 cm³/mol. The Morgan fingerprint density at radius 3 is 2.31 bits per heavy atom. The minimum absolute atomic E-state index is 0.216. The Morgan fingerprint density at radius 1 is 0.898 bits per heavy atom. The quantitative estimate of drug-likeness (QED) is 0.145.